The van der Waals surface area contributed by atoms with E-state index in [1.54, 1.807) is 0 Å². The summed E-state index contributed by atoms with van der Waals surface area (Å²) in [6, 6.07) is 0. The Hall–Kier alpha value is -1.63. The molecule has 14 heavy (non-hydrogen) atoms. The number of carbonyl (C=O) groups is 1. The third kappa shape index (κ3) is 2.70. The minimum Gasteiger partial charge on any atom is -0.380 e. The van der Waals surface area contributed by atoms with Crippen molar-refractivity contribution in [1.29, 1.82) is 0 Å². The van der Waals surface area contributed by atoms with Crippen molar-refractivity contribution < 1.29 is 14.2 Å². The molecule has 0 unspecified atom stereocenters. The van der Waals surface area contributed by atoms with E-state index in [1.165, 1.54) is 0 Å². The molecule has 0 bridgehead atoms. The van der Waals surface area contributed by atoms with E-state index in [-0.39, 0.29) is 11.5 Å². The van der Waals surface area contributed by atoms with Gasteiger partial charge in [0, 0.05) is 13.2 Å². The zero-order valence-corrected chi connectivity index (χ0v) is 7.82. The molecule has 1 heterocycles. The summed E-state index contributed by atoms with van der Waals surface area (Å²) in [5.74, 6) is -0.428. The largest absolute Gasteiger partial charge is 0.380 e. The van der Waals surface area contributed by atoms with Crippen molar-refractivity contribution in [3.8, 4) is 0 Å². The number of aromatic nitrogens is 2. The van der Waals surface area contributed by atoms with Crippen LogP contribution in [0.4, 0.5) is 5.82 Å². The van der Waals surface area contributed by atoms with Gasteiger partial charge in [0.15, 0.2) is 0 Å². The Morgan fingerprint density at radius 1 is 1.64 bits per heavy atom. The van der Waals surface area contributed by atoms with E-state index >= 15 is 0 Å². The van der Waals surface area contributed by atoms with Crippen molar-refractivity contribution in [2.45, 2.75) is 6.92 Å². The molecule has 0 atom stereocenters. The van der Waals surface area contributed by atoms with E-state index in [1.807, 2.05) is 6.92 Å². The van der Waals surface area contributed by atoms with Gasteiger partial charge >= 0.3 is 0 Å². The van der Waals surface area contributed by atoms with Gasteiger partial charge in [-0.15, -0.1) is 0 Å². The third-order valence-electron chi connectivity index (χ3n) is 1.47. The van der Waals surface area contributed by atoms with Crippen LogP contribution in [0.5, 0.6) is 0 Å². The van der Waals surface area contributed by atoms with Gasteiger partial charge in [-0.2, -0.15) is 0 Å². The van der Waals surface area contributed by atoms with E-state index in [4.69, 9.17) is 10.5 Å². The monoisotopic (exact) mass is 200 g/mol. The summed E-state index contributed by atoms with van der Waals surface area (Å²) in [4.78, 5) is 11.3. The highest BCUT2D eigenvalue weighted by Gasteiger charge is 2.14. The average Bonchev–Trinajstić information content (AvgIpc) is 2.59. The molecule has 0 aliphatic rings. The Morgan fingerprint density at radius 2 is 2.43 bits per heavy atom. The quantitative estimate of drug-likeness (QED) is 0.616. The zero-order valence-electron chi connectivity index (χ0n) is 7.82. The van der Waals surface area contributed by atoms with Crippen LogP contribution in [-0.4, -0.2) is 36.0 Å². The Morgan fingerprint density at radius 3 is 3.00 bits per heavy atom. The predicted molar refractivity (Wildman–Crippen MR) is 47.5 cm³/mol. The summed E-state index contributed by atoms with van der Waals surface area (Å²) >= 11 is 0. The highest BCUT2D eigenvalue weighted by molar-refractivity contribution is 5.95. The number of ether oxygens (including phenoxy) is 1. The zero-order chi connectivity index (χ0) is 10.4. The van der Waals surface area contributed by atoms with Crippen LogP contribution >= 0.6 is 0 Å². The van der Waals surface area contributed by atoms with Gasteiger partial charge in [0.1, 0.15) is 0 Å². The molecule has 7 nitrogen and oxygen atoms in total. The molecule has 0 aliphatic heterocycles. The molecule has 7 heteroatoms. The van der Waals surface area contributed by atoms with E-state index in [0.717, 1.165) is 0 Å². The molecule has 0 aliphatic carbocycles. The fourth-order valence-electron chi connectivity index (χ4n) is 0.818. The summed E-state index contributed by atoms with van der Waals surface area (Å²) in [6.07, 6.45) is 0. The maximum atomic E-state index is 11.3. The van der Waals surface area contributed by atoms with Gasteiger partial charge in [-0.25, -0.2) is 4.63 Å². The molecular formula is C7H12N4O3. The number of anilines is 1. The second-order valence-electron chi connectivity index (χ2n) is 2.45. The van der Waals surface area contributed by atoms with Crippen molar-refractivity contribution >= 4 is 11.7 Å². The number of nitrogens with two attached hydrogens (primary N) is 1. The first-order valence-electron chi connectivity index (χ1n) is 4.19. The van der Waals surface area contributed by atoms with Gasteiger partial charge in [-0.05, 0) is 17.2 Å². The third-order valence-corrected chi connectivity index (χ3v) is 1.47. The maximum absolute atomic E-state index is 11.3. The van der Waals surface area contributed by atoms with Crippen molar-refractivity contribution in [2.75, 3.05) is 25.5 Å². The molecule has 1 rings (SSSR count). The van der Waals surface area contributed by atoms with E-state index in [0.29, 0.717) is 19.8 Å². The van der Waals surface area contributed by atoms with Crippen LogP contribution in [0, 0.1) is 0 Å². The molecule has 0 saturated heterocycles. The van der Waals surface area contributed by atoms with Crippen LogP contribution in [0.25, 0.3) is 0 Å². The normalized spacial score (nSPS) is 10.1. The second-order valence-corrected chi connectivity index (χ2v) is 2.45. The van der Waals surface area contributed by atoms with Gasteiger partial charge < -0.3 is 15.8 Å². The molecule has 0 saturated carbocycles. The van der Waals surface area contributed by atoms with E-state index in [2.05, 4.69) is 20.3 Å². The van der Waals surface area contributed by atoms with Crippen LogP contribution in [-0.2, 0) is 4.74 Å². The molecule has 1 aromatic heterocycles. The number of hydrogen-bond donors (Lipinski definition) is 2. The summed E-state index contributed by atoms with van der Waals surface area (Å²) in [6.45, 7) is 3.34. The Bertz CT molecular complexity index is 299. The Kier molecular flexibility index (Phi) is 3.86. The fraction of sp³-hybridized carbons (Fsp3) is 0.571. The first-order chi connectivity index (χ1) is 6.75. The molecular weight excluding hydrogens is 188 g/mol. The van der Waals surface area contributed by atoms with Crippen LogP contribution in [0.2, 0.25) is 0 Å². The number of nitrogens with zero attached hydrogens (tertiary/aromatic N) is 2. The Labute approximate surface area is 80.6 Å². The lowest BCUT2D eigenvalue weighted by molar-refractivity contribution is 0.0913. The second kappa shape index (κ2) is 5.18. The minimum absolute atomic E-state index is 0.00139. The number of carbonyl (C=O) groups excluding carboxylic acids is 1. The first kappa shape index (κ1) is 10.5. The topological polar surface area (TPSA) is 103 Å². The molecule has 78 valence electrons. The molecule has 3 N–H and O–H groups in total. The van der Waals surface area contributed by atoms with Crippen molar-refractivity contribution in [3.63, 3.8) is 0 Å². The van der Waals surface area contributed by atoms with Gasteiger partial charge in [0.2, 0.25) is 11.5 Å². The SMILES string of the molecule is CCOCCNC(=O)c1nonc1N. The standard InChI is InChI=1S/C7H12N4O3/c1-2-13-4-3-9-7(12)5-6(8)11-14-10-5/h2-4H2,1H3,(H2,8,11)(H,9,12). The molecule has 1 aromatic rings. The molecule has 0 fully saturated rings. The smallest absolute Gasteiger partial charge is 0.277 e. The molecule has 0 radical (unpaired) electrons. The maximum Gasteiger partial charge on any atom is 0.277 e. The molecule has 0 spiro atoms. The summed E-state index contributed by atoms with van der Waals surface area (Å²) < 4.78 is 9.30. The van der Waals surface area contributed by atoms with Crippen molar-refractivity contribution in [1.82, 2.24) is 15.6 Å². The van der Waals surface area contributed by atoms with E-state index < -0.39 is 5.91 Å². The van der Waals surface area contributed by atoms with Gasteiger partial charge in [0.05, 0.1) is 6.61 Å². The van der Waals surface area contributed by atoms with E-state index in [9.17, 15) is 4.79 Å². The van der Waals surface area contributed by atoms with Crippen LogP contribution < -0.4 is 11.1 Å². The molecule has 1 amide bonds. The number of nitrogen functional groups attached to an aromatic ring is 1. The lowest BCUT2D eigenvalue weighted by Gasteiger charge is -2.02. The first-order valence-corrected chi connectivity index (χ1v) is 4.19. The molecule has 0 aromatic carbocycles. The minimum atomic E-state index is -0.413. The van der Waals surface area contributed by atoms with Crippen LogP contribution in [0.1, 0.15) is 17.4 Å². The van der Waals surface area contributed by atoms with Gasteiger partial charge in [0.25, 0.3) is 5.91 Å². The summed E-state index contributed by atoms with van der Waals surface area (Å²) in [5.41, 5.74) is 5.31. The van der Waals surface area contributed by atoms with Crippen molar-refractivity contribution in [2.24, 2.45) is 0 Å². The predicted octanol–water partition coefficient (Wildman–Crippen LogP) is -0.582. The highest BCUT2D eigenvalue weighted by Crippen LogP contribution is 2.02. The highest BCUT2D eigenvalue weighted by atomic mass is 16.6. The van der Waals surface area contributed by atoms with Gasteiger partial charge in [-0.3, -0.25) is 4.79 Å². The number of nitrogens with one attached hydrogen (secondary N) is 1. The lowest BCUT2D eigenvalue weighted by atomic mass is 10.4. The fourth-order valence-corrected chi connectivity index (χ4v) is 0.818. The Balaban J connectivity index is 2.32. The average molecular weight is 200 g/mol. The van der Waals surface area contributed by atoms with Crippen molar-refractivity contribution in [3.05, 3.63) is 5.69 Å². The van der Waals surface area contributed by atoms with Gasteiger partial charge in [-0.1, -0.05) is 0 Å². The number of hydrogen-bond acceptors (Lipinski definition) is 6. The van der Waals surface area contributed by atoms with Crippen LogP contribution in [0.3, 0.4) is 0 Å². The van der Waals surface area contributed by atoms with Crippen LogP contribution in [0.15, 0.2) is 4.63 Å². The number of amides is 1. The summed E-state index contributed by atoms with van der Waals surface area (Å²) in [5, 5.41) is 9.19. The number of rotatable bonds is 5. The summed E-state index contributed by atoms with van der Waals surface area (Å²) in [7, 11) is 0. The lowest BCUT2D eigenvalue weighted by Crippen LogP contribution is -2.28.